The van der Waals surface area contributed by atoms with E-state index < -0.39 is 6.10 Å². The van der Waals surface area contributed by atoms with Crippen molar-refractivity contribution in [3.63, 3.8) is 0 Å². The normalized spacial score (nSPS) is 12.3. The Morgan fingerprint density at radius 2 is 1.22 bits per heavy atom. The van der Waals surface area contributed by atoms with Crippen molar-refractivity contribution < 1.29 is 5.11 Å². The molecule has 0 radical (unpaired) electrons. The summed E-state index contributed by atoms with van der Waals surface area (Å²) in [5.74, 6) is 0. The van der Waals surface area contributed by atoms with Crippen molar-refractivity contribution in [1.82, 2.24) is 15.0 Å². The highest BCUT2D eigenvalue weighted by Crippen LogP contribution is 2.40. The van der Waals surface area contributed by atoms with Gasteiger partial charge >= 0.3 is 0 Å². The molecule has 0 spiro atoms. The average molecular weight is 341 g/mol. The molecule has 4 nitrogen and oxygen atoms in total. The van der Waals surface area contributed by atoms with Crippen molar-refractivity contribution in [3.05, 3.63) is 78.9 Å². The molecule has 0 aliphatic carbocycles. The van der Waals surface area contributed by atoms with E-state index in [-0.39, 0.29) is 4.58 Å². The van der Waals surface area contributed by atoms with Crippen molar-refractivity contribution in [2.24, 2.45) is 0 Å². The van der Waals surface area contributed by atoms with Crippen LogP contribution in [0.4, 0.5) is 0 Å². The van der Waals surface area contributed by atoms with Crippen LogP contribution >= 0.6 is 23.5 Å². The van der Waals surface area contributed by atoms with E-state index in [0.29, 0.717) is 5.69 Å². The molecular formula is C17H15N3OS2. The van der Waals surface area contributed by atoms with Crippen LogP contribution in [0.25, 0.3) is 0 Å². The molecular weight excluding hydrogens is 326 g/mol. The first kappa shape index (κ1) is 16.0. The molecule has 0 saturated heterocycles. The molecule has 0 bridgehead atoms. The maximum atomic E-state index is 10.7. The predicted octanol–water partition coefficient (Wildman–Crippen LogP) is 3.82. The Labute approximate surface area is 143 Å². The zero-order valence-electron chi connectivity index (χ0n) is 12.2. The Balaban J connectivity index is 1.83. The highest BCUT2D eigenvalue weighted by Gasteiger charge is 2.25. The number of aromatic nitrogens is 3. The number of pyridine rings is 3. The minimum absolute atomic E-state index is 0.199. The standard InChI is InChI=1S/C17H15N3OS2/c21-16(13-7-1-4-10-18-13)17(22-14-8-2-5-11-19-14)23-15-9-3-6-12-20-15/h1-12,16-17,21H. The Hall–Kier alpha value is -1.89. The Bertz CT molecular complexity index is 672. The smallest absolute Gasteiger partial charge is 0.118 e. The zero-order valence-corrected chi connectivity index (χ0v) is 13.8. The van der Waals surface area contributed by atoms with Crippen molar-refractivity contribution in [1.29, 1.82) is 0 Å². The third kappa shape index (κ3) is 4.54. The van der Waals surface area contributed by atoms with Gasteiger partial charge in [0, 0.05) is 18.6 Å². The summed E-state index contributed by atoms with van der Waals surface area (Å²) >= 11 is 3.02. The van der Waals surface area contributed by atoms with E-state index in [1.54, 1.807) is 18.6 Å². The van der Waals surface area contributed by atoms with Gasteiger partial charge in [0.15, 0.2) is 0 Å². The third-order valence-corrected chi connectivity index (χ3v) is 5.52. The Morgan fingerprint density at radius 1 is 0.696 bits per heavy atom. The van der Waals surface area contributed by atoms with Crippen molar-refractivity contribution >= 4 is 23.5 Å². The van der Waals surface area contributed by atoms with Gasteiger partial charge < -0.3 is 5.11 Å². The van der Waals surface area contributed by atoms with E-state index in [2.05, 4.69) is 15.0 Å². The summed E-state index contributed by atoms with van der Waals surface area (Å²) in [6, 6.07) is 17.0. The summed E-state index contributed by atoms with van der Waals surface area (Å²) < 4.78 is -0.199. The molecule has 1 unspecified atom stereocenters. The van der Waals surface area contributed by atoms with Gasteiger partial charge in [-0.15, -0.1) is 0 Å². The van der Waals surface area contributed by atoms with Gasteiger partial charge in [-0.05, 0) is 36.4 Å². The van der Waals surface area contributed by atoms with Gasteiger partial charge in [0.1, 0.15) is 6.10 Å². The number of thioether (sulfide) groups is 2. The minimum atomic E-state index is -0.727. The van der Waals surface area contributed by atoms with E-state index in [1.807, 2.05) is 54.6 Å². The van der Waals surface area contributed by atoms with Crippen LogP contribution in [0.1, 0.15) is 11.8 Å². The van der Waals surface area contributed by atoms with E-state index in [0.717, 1.165) is 10.1 Å². The second-order valence-corrected chi connectivity index (χ2v) is 7.26. The molecule has 0 fully saturated rings. The van der Waals surface area contributed by atoms with Crippen LogP contribution in [0.2, 0.25) is 0 Å². The molecule has 116 valence electrons. The minimum Gasteiger partial charge on any atom is -0.385 e. The Kier molecular flexibility index (Phi) is 5.63. The lowest BCUT2D eigenvalue weighted by Crippen LogP contribution is -2.13. The Morgan fingerprint density at radius 3 is 1.65 bits per heavy atom. The van der Waals surface area contributed by atoms with E-state index in [4.69, 9.17) is 0 Å². The van der Waals surface area contributed by atoms with E-state index in [9.17, 15) is 5.11 Å². The lowest BCUT2D eigenvalue weighted by atomic mass is 10.2. The van der Waals surface area contributed by atoms with E-state index in [1.165, 1.54) is 23.5 Å². The number of aliphatic hydroxyl groups excluding tert-OH is 1. The van der Waals surface area contributed by atoms with Gasteiger partial charge in [0.25, 0.3) is 0 Å². The first-order valence-corrected chi connectivity index (χ1v) is 8.83. The molecule has 1 atom stereocenters. The zero-order chi connectivity index (χ0) is 15.9. The summed E-state index contributed by atoms with van der Waals surface area (Å²) in [6.07, 6.45) is 4.46. The van der Waals surface area contributed by atoms with Crippen molar-refractivity contribution in [3.8, 4) is 0 Å². The van der Waals surface area contributed by atoms with Crippen LogP contribution in [0.5, 0.6) is 0 Å². The lowest BCUT2D eigenvalue weighted by Gasteiger charge is -2.21. The third-order valence-electron chi connectivity index (χ3n) is 3.00. The number of aliphatic hydroxyl groups is 1. The topological polar surface area (TPSA) is 58.9 Å². The van der Waals surface area contributed by atoms with Gasteiger partial charge in [0.05, 0.1) is 20.3 Å². The van der Waals surface area contributed by atoms with Crippen LogP contribution in [-0.2, 0) is 0 Å². The van der Waals surface area contributed by atoms with Crippen LogP contribution in [0.15, 0.2) is 83.2 Å². The molecule has 3 aromatic rings. The maximum Gasteiger partial charge on any atom is 0.118 e. The summed E-state index contributed by atoms with van der Waals surface area (Å²) in [4.78, 5) is 12.9. The lowest BCUT2D eigenvalue weighted by molar-refractivity contribution is 0.191. The number of rotatable bonds is 6. The molecule has 3 rings (SSSR count). The SMILES string of the molecule is OC(c1ccccn1)C(Sc1ccccn1)Sc1ccccn1. The van der Waals surface area contributed by atoms with Crippen molar-refractivity contribution in [2.75, 3.05) is 0 Å². The summed E-state index contributed by atoms with van der Waals surface area (Å²) in [5, 5.41) is 12.5. The maximum absolute atomic E-state index is 10.7. The summed E-state index contributed by atoms with van der Waals surface area (Å²) in [5.41, 5.74) is 0.643. The monoisotopic (exact) mass is 341 g/mol. The second-order valence-electron chi connectivity index (χ2n) is 4.64. The first-order valence-electron chi connectivity index (χ1n) is 7.07. The van der Waals surface area contributed by atoms with Gasteiger partial charge in [-0.3, -0.25) is 4.98 Å². The molecule has 3 heterocycles. The van der Waals surface area contributed by atoms with Crippen LogP contribution < -0.4 is 0 Å². The second kappa shape index (κ2) is 8.10. The molecule has 23 heavy (non-hydrogen) atoms. The number of hydrogen-bond donors (Lipinski definition) is 1. The van der Waals surface area contributed by atoms with Crippen LogP contribution in [0, 0.1) is 0 Å². The van der Waals surface area contributed by atoms with Crippen molar-refractivity contribution in [2.45, 2.75) is 20.7 Å². The number of nitrogens with zero attached hydrogens (tertiary/aromatic N) is 3. The first-order chi connectivity index (χ1) is 11.3. The van der Waals surface area contributed by atoms with Gasteiger partial charge in [0.2, 0.25) is 0 Å². The van der Waals surface area contributed by atoms with Crippen LogP contribution in [0.3, 0.4) is 0 Å². The number of hydrogen-bond acceptors (Lipinski definition) is 6. The quantitative estimate of drug-likeness (QED) is 0.543. The summed E-state index contributed by atoms with van der Waals surface area (Å²) in [6.45, 7) is 0. The van der Waals surface area contributed by atoms with Gasteiger partial charge in [-0.2, -0.15) is 0 Å². The van der Waals surface area contributed by atoms with Gasteiger partial charge in [-0.1, -0.05) is 41.7 Å². The molecule has 6 heteroatoms. The average Bonchev–Trinajstić information content (AvgIpc) is 2.63. The predicted molar refractivity (Wildman–Crippen MR) is 93.2 cm³/mol. The molecule has 1 N–H and O–H groups in total. The van der Waals surface area contributed by atoms with Gasteiger partial charge in [-0.25, -0.2) is 9.97 Å². The molecule has 0 amide bonds. The fourth-order valence-corrected chi connectivity index (χ4v) is 4.27. The molecule has 0 aliphatic heterocycles. The molecule has 0 saturated carbocycles. The van der Waals surface area contributed by atoms with Crippen LogP contribution in [-0.4, -0.2) is 24.6 Å². The highest BCUT2D eigenvalue weighted by molar-refractivity contribution is 8.17. The largest absolute Gasteiger partial charge is 0.385 e. The highest BCUT2D eigenvalue weighted by atomic mass is 32.2. The molecule has 0 aliphatic rings. The molecule has 3 aromatic heterocycles. The fraction of sp³-hybridized carbons (Fsp3) is 0.118. The molecule has 0 aromatic carbocycles. The fourth-order valence-electron chi connectivity index (χ4n) is 1.91. The van der Waals surface area contributed by atoms with E-state index >= 15 is 0 Å². The summed E-state index contributed by atoms with van der Waals surface area (Å²) in [7, 11) is 0.